The summed E-state index contributed by atoms with van der Waals surface area (Å²) >= 11 is 0. The number of aromatic amines is 1. The number of nitrogens with zero attached hydrogens (tertiary/aromatic N) is 2. The fraction of sp³-hybridized carbons (Fsp3) is 0.231. The van der Waals surface area contributed by atoms with Crippen LogP contribution in [0.1, 0.15) is 6.42 Å². The Morgan fingerprint density at radius 2 is 2.20 bits per heavy atom. The van der Waals surface area contributed by atoms with Gasteiger partial charge in [0.2, 0.25) is 11.8 Å². The topological polar surface area (TPSA) is 109 Å². The number of benzene rings is 1. The van der Waals surface area contributed by atoms with Crippen LogP contribution in [0.3, 0.4) is 0 Å². The number of hydrogen-bond donors (Lipinski definition) is 2. The molecule has 0 saturated carbocycles. The van der Waals surface area contributed by atoms with Gasteiger partial charge >= 0.3 is 0 Å². The summed E-state index contributed by atoms with van der Waals surface area (Å²) in [6.07, 6.45) is 1.44. The zero-order chi connectivity index (χ0) is 14.3. The molecular weight excluding hydrogens is 260 g/mol. The second-order valence-corrected chi connectivity index (χ2v) is 4.74. The number of carbonyl (C=O) groups excluding carboxylic acids is 2. The minimum Gasteiger partial charge on any atom is -0.369 e. The van der Waals surface area contributed by atoms with Gasteiger partial charge in [0, 0.05) is 18.7 Å². The lowest BCUT2D eigenvalue weighted by atomic mass is 10.1. The lowest BCUT2D eigenvalue weighted by Gasteiger charge is -2.16. The van der Waals surface area contributed by atoms with Gasteiger partial charge in [-0.05, 0) is 18.2 Å². The lowest BCUT2D eigenvalue weighted by Crippen LogP contribution is -2.28. The van der Waals surface area contributed by atoms with E-state index >= 15 is 0 Å². The Morgan fingerprint density at radius 1 is 1.40 bits per heavy atom. The van der Waals surface area contributed by atoms with Gasteiger partial charge in [0.1, 0.15) is 0 Å². The number of aromatic nitrogens is 2. The number of carbonyl (C=O) groups is 2. The van der Waals surface area contributed by atoms with Crippen molar-refractivity contribution < 1.29 is 9.59 Å². The van der Waals surface area contributed by atoms with Crippen molar-refractivity contribution in [3.05, 3.63) is 34.9 Å². The molecule has 7 heteroatoms. The molecule has 20 heavy (non-hydrogen) atoms. The molecule has 2 aromatic rings. The van der Waals surface area contributed by atoms with Gasteiger partial charge in [-0.3, -0.25) is 14.4 Å². The molecule has 0 radical (unpaired) electrons. The second-order valence-electron chi connectivity index (χ2n) is 4.74. The maximum atomic E-state index is 11.9. The fourth-order valence-electron chi connectivity index (χ4n) is 2.37. The third-order valence-electron chi connectivity index (χ3n) is 3.46. The Labute approximate surface area is 113 Å². The van der Waals surface area contributed by atoms with Gasteiger partial charge in [0.05, 0.1) is 23.1 Å². The smallest absolute Gasteiger partial charge is 0.258 e. The van der Waals surface area contributed by atoms with Gasteiger partial charge in [0.25, 0.3) is 5.56 Å². The van der Waals surface area contributed by atoms with Crippen LogP contribution >= 0.6 is 0 Å². The normalized spacial score (nSPS) is 18.7. The lowest BCUT2D eigenvalue weighted by molar-refractivity contribution is -0.123. The first-order chi connectivity index (χ1) is 9.56. The highest BCUT2D eigenvalue weighted by atomic mass is 16.2. The van der Waals surface area contributed by atoms with Crippen LogP contribution in [0.15, 0.2) is 29.3 Å². The number of H-pyrrole nitrogens is 1. The number of amides is 2. The molecule has 1 atom stereocenters. The zero-order valence-electron chi connectivity index (χ0n) is 10.5. The average molecular weight is 272 g/mol. The molecule has 1 aromatic carbocycles. The van der Waals surface area contributed by atoms with Crippen molar-refractivity contribution in [2.45, 2.75) is 6.42 Å². The Morgan fingerprint density at radius 3 is 2.90 bits per heavy atom. The van der Waals surface area contributed by atoms with Crippen LogP contribution in [0.25, 0.3) is 10.9 Å². The number of anilines is 1. The minimum atomic E-state index is -0.485. The van der Waals surface area contributed by atoms with Crippen molar-refractivity contribution in [1.82, 2.24) is 9.97 Å². The van der Waals surface area contributed by atoms with E-state index in [-0.39, 0.29) is 24.4 Å². The zero-order valence-corrected chi connectivity index (χ0v) is 10.5. The molecule has 3 N–H and O–H groups in total. The van der Waals surface area contributed by atoms with E-state index in [1.165, 1.54) is 11.2 Å². The SMILES string of the molecule is NC(=O)C1CC(=O)N(c2ccc3nc[nH]c(=O)c3c2)C1. The van der Waals surface area contributed by atoms with Gasteiger partial charge in [-0.15, -0.1) is 0 Å². The number of hydrogen-bond acceptors (Lipinski definition) is 4. The highest BCUT2D eigenvalue weighted by Gasteiger charge is 2.33. The molecule has 2 heterocycles. The summed E-state index contributed by atoms with van der Waals surface area (Å²) in [5, 5.41) is 0.403. The summed E-state index contributed by atoms with van der Waals surface area (Å²) in [7, 11) is 0. The summed E-state index contributed by atoms with van der Waals surface area (Å²) in [6.45, 7) is 0.248. The first-order valence-corrected chi connectivity index (χ1v) is 6.13. The van der Waals surface area contributed by atoms with Crippen molar-refractivity contribution in [2.75, 3.05) is 11.4 Å². The van der Waals surface area contributed by atoms with E-state index in [2.05, 4.69) is 9.97 Å². The van der Waals surface area contributed by atoms with Crippen LogP contribution in [-0.2, 0) is 9.59 Å². The Hall–Kier alpha value is -2.70. The first-order valence-electron chi connectivity index (χ1n) is 6.13. The molecule has 1 aliphatic rings. The van der Waals surface area contributed by atoms with E-state index in [1.807, 2.05) is 0 Å². The van der Waals surface area contributed by atoms with Gasteiger partial charge in [-0.1, -0.05) is 0 Å². The molecule has 7 nitrogen and oxygen atoms in total. The largest absolute Gasteiger partial charge is 0.369 e. The maximum Gasteiger partial charge on any atom is 0.258 e. The first kappa shape index (κ1) is 12.3. The van der Waals surface area contributed by atoms with Gasteiger partial charge in [0.15, 0.2) is 0 Å². The summed E-state index contributed by atoms with van der Waals surface area (Å²) in [6, 6.07) is 4.98. The van der Waals surface area contributed by atoms with Crippen LogP contribution < -0.4 is 16.2 Å². The Kier molecular flexibility index (Phi) is 2.74. The third-order valence-corrected chi connectivity index (χ3v) is 3.46. The van der Waals surface area contributed by atoms with Crippen LogP contribution in [0.4, 0.5) is 5.69 Å². The predicted octanol–water partition coefficient (Wildman–Crippen LogP) is -0.239. The van der Waals surface area contributed by atoms with Crippen molar-refractivity contribution in [3.8, 4) is 0 Å². The quantitative estimate of drug-likeness (QED) is 0.786. The van der Waals surface area contributed by atoms with Crippen molar-refractivity contribution in [3.63, 3.8) is 0 Å². The van der Waals surface area contributed by atoms with Crippen LogP contribution in [0.2, 0.25) is 0 Å². The molecule has 1 saturated heterocycles. The summed E-state index contributed by atoms with van der Waals surface area (Å²) in [4.78, 5) is 42.8. The minimum absolute atomic E-state index is 0.108. The monoisotopic (exact) mass is 272 g/mol. The molecule has 1 fully saturated rings. The molecule has 1 aromatic heterocycles. The molecule has 3 rings (SSSR count). The van der Waals surface area contributed by atoms with Crippen LogP contribution in [0, 0.1) is 5.92 Å². The van der Waals surface area contributed by atoms with Gasteiger partial charge in [-0.2, -0.15) is 0 Å². The maximum absolute atomic E-state index is 11.9. The van der Waals surface area contributed by atoms with Crippen molar-refractivity contribution in [1.29, 1.82) is 0 Å². The van der Waals surface area contributed by atoms with Gasteiger partial charge < -0.3 is 15.6 Å². The van der Waals surface area contributed by atoms with E-state index in [0.717, 1.165) is 0 Å². The summed E-state index contributed by atoms with van der Waals surface area (Å²) < 4.78 is 0. The number of fused-ring (bicyclic) bond motifs is 1. The number of rotatable bonds is 2. The fourth-order valence-corrected chi connectivity index (χ4v) is 2.37. The summed E-state index contributed by atoms with van der Waals surface area (Å²) in [5.74, 6) is -1.14. The predicted molar refractivity (Wildman–Crippen MR) is 72.0 cm³/mol. The van der Waals surface area contributed by atoms with E-state index < -0.39 is 11.8 Å². The second kappa shape index (κ2) is 4.44. The molecule has 102 valence electrons. The van der Waals surface area contributed by atoms with Crippen LogP contribution in [0.5, 0.6) is 0 Å². The highest BCUT2D eigenvalue weighted by molar-refractivity contribution is 6.01. The van der Waals surface area contributed by atoms with Crippen LogP contribution in [-0.4, -0.2) is 28.3 Å². The molecule has 0 aliphatic carbocycles. The molecule has 0 spiro atoms. The third kappa shape index (κ3) is 1.93. The van der Waals surface area contributed by atoms with Gasteiger partial charge in [-0.25, -0.2) is 4.98 Å². The van der Waals surface area contributed by atoms with Crippen molar-refractivity contribution in [2.24, 2.45) is 11.7 Å². The van der Waals surface area contributed by atoms with E-state index in [0.29, 0.717) is 16.6 Å². The number of nitrogens with one attached hydrogen (secondary N) is 1. The number of nitrogens with two attached hydrogens (primary N) is 1. The molecule has 1 aliphatic heterocycles. The highest BCUT2D eigenvalue weighted by Crippen LogP contribution is 2.26. The average Bonchev–Trinajstić information content (AvgIpc) is 2.81. The molecule has 1 unspecified atom stereocenters. The van der Waals surface area contributed by atoms with Crippen molar-refractivity contribution >= 4 is 28.4 Å². The Balaban J connectivity index is 2.03. The Bertz CT molecular complexity index is 768. The molecular formula is C13H12N4O3. The molecule has 0 bridgehead atoms. The van der Waals surface area contributed by atoms with E-state index in [9.17, 15) is 14.4 Å². The molecule has 2 amide bonds. The number of primary amides is 1. The standard InChI is InChI=1S/C13H12N4O3/c14-12(19)7-3-11(18)17(5-7)8-1-2-10-9(4-8)13(20)16-6-15-10/h1-2,4,6-7H,3,5H2,(H2,14,19)(H,15,16,20). The van der Waals surface area contributed by atoms with E-state index in [1.54, 1.807) is 18.2 Å². The summed E-state index contributed by atoms with van der Waals surface area (Å²) in [5.41, 5.74) is 6.09. The van der Waals surface area contributed by atoms with E-state index in [4.69, 9.17) is 5.73 Å².